The van der Waals surface area contributed by atoms with Crippen LogP contribution in [0.1, 0.15) is 80.6 Å². The predicted molar refractivity (Wildman–Crippen MR) is 138 cm³/mol. The lowest BCUT2D eigenvalue weighted by molar-refractivity contribution is -0.156. The fraction of sp³-hybridized carbons (Fsp3) is 0.700. The highest BCUT2D eigenvalue weighted by atomic mass is 16.4. The van der Waals surface area contributed by atoms with Crippen molar-refractivity contribution in [1.29, 1.82) is 0 Å². The number of carbonyl (C=O) groups excluding carboxylic acids is 4. The number of aliphatic carboxylic acids is 1. The van der Waals surface area contributed by atoms with Crippen molar-refractivity contribution >= 4 is 29.1 Å². The molecule has 0 radical (unpaired) electrons. The number of ketones is 4. The SMILES string of the molecule is C/C(=C/C(=O)CC(C)C(=O)O)[C@H]1CC(=O)[C@@]2(C)C3=C(C(=O)[C@@H](O)[C@]12C)[C@@]1(C)CCC(=O)C(C)(C)[C@@H]1C[C@@H]3O. The normalized spacial score (nSPS) is 41.4. The summed E-state index contributed by atoms with van der Waals surface area (Å²) in [5.74, 6) is -3.99. The lowest BCUT2D eigenvalue weighted by atomic mass is 9.42. The van der Waals surface area contributed by atoms with E-state index >= 15 is 0 Å². The molecule has 8 heteroatoms. The van der Waals surface area contributed by atoms with Crippen molar-refractivity contribution in [2.75, 3.05) is 0 Å². The minimum Gasteiger partial charge on any atom is -0.481 e. The van der Waals surface area contributed by atoms with Gasteiger partial charge in [-0.05, 0) is 50.2 Å². The number of rotatable bonds is 5. The Labute approximate surface area is 223 Å². The lowest BCUT2D eigenvalue weighted by Crippen LogP contribution is -2.64. The van der Waals surface area contributed by atoms with Crippen molar-refractivity contribution in [3.05, 3.63) is 22.8 Å². The number of fused-ring (bicyclic) bond motifs is 4. The molecular formula is C30H40O8. The van der Waals surface area contributed by atoms with Gasteiger partial charge in [-0.25, -0.2) is 0 Å². The van der Waals surface area contributed by atoms with E-state index in [2.05, 4.69) is 0 Å². The third-order valence-corrected chi connectivity index (χ3v) is 11.1. The molecule has 0 aromatic rings. The molecule has 3 N–H and O–H groups in total. The number of Topliss-reactive ketones (excluding diaryl/α,β-unsaturated/α-hetero) is 3. The molecule has 0 saturated heterocycles. The predicted octanol–water partition coefficient (Wildman–Crippen LogP) is 3.23. The summed E-state index contributed by atoms with van der Waals surface area (Å²) in [6.07, 6.45) is -0.647. The minimum absolute atomic E-state index is 0.0188. The van der Waals surface area contributed by atoms with Gasteiger partial charge >= 0.3 is 5.97 Å². The summed E-state index contributed by atoms with van der Waals surface area (Å²) in [4.78, 5) is 64.6. The molecule has 1 unspecified atom stereocenters. The van der Waals surface area contributed by atoms with E-state index in [9.17, 15) is 34.2 Å². The second kappa shape index (κ2) is 8.78. The summed E-state index contributed by atoms with van der Waals surface area (Å²) >= 11 is 0. The molecule has 8 nitrogen and oxygen atoms in total. The number of aliphatic hydroxyl groups excluding tert-OH is 2. The van der Waals surface area contributed by atoms with E-state index in [0.29, 0.717) is 23.1 Å². The lowest BCUT2D eigenvalue weighted by Gasteiger charge is -2.61. The second-order valence-corrected chi connectivity index (χ2v) is 13.3. The first-order chi connectivity index (χ1) is 17.4. The van der Waals surface area contributed by atoms with Gasteiger partial charge in [-0.1, -0.05) is 40.2 Å². The van der Waals surface area contributed by atoms with E-state index in [-0.39, 0.29) is 43.2 Å². The highest BCUT2D eigenvalue weighted by Gasteiger charge is 2.73. The molecule has 0 spiro atoms. The van der Waals surface area contributed by atoms with Crippen LogP contribution >= 0.6 is 0 Å². The Balaban J connectivity index is 1.86. The number of aliphatic hydroxyl groups is 2. The van der Waals surface area contributed by atoms with E-state index in [0.717, 1.165) is 0 Å². The van der Waals surface area contributed by atoms with Gasteiger partial charge in [0.15, 0.2) is 11.6 Å². The zero-order chi connectivity index (χ0) is 28.7. The van der Waals surface area contributed by atoms with Crippen LogP contribution in [0.25, 0.3) is 0 Å². The largest absolute Gasteiger partial charge is 0.481 e. The van der Waals surface area contributed by atoms with Crippen LogP contribution in [0.15, 0.2) is 22.8 Å². The summed E-state index contributed by atoms with van der Waals surface area (Å²) in [5, 5.41) is 32.4. The molecule has 4 aliphatic carbocycles. The highest BCUT2D eigenvalue weighted by Crippen LogP contribution is 2.70. The van der Waals surface area contributed by atoms with Gasteiger partial charge in [0, 0.05) is 41.1 Å². The van der Waals surface area contributed by atoms with E-state index in [1.165, 1.54) is 13.0 Å². The van der Waals surface area contributed by atoms with Crippen molar-refractivity contribution in [3.63, 3.8) is 0 Å². The van der Waals surface area contributed by atoms with Crippen LogP contribution in [-0.4, -0.2) is 56.6 Å². The maximum absolute atomic E-state index is 14.1. The number of allylic oxidation sites excluding steroid dienone is 2. The van der Waals surface area contributed by atoms with Crippen LogP contribution in [0.4, 0.5) is 0 Å². The van der Waals surface area contributed by atoms with E-state index in [1.54, 1.807) is 20.8 Å². The molecule has 2 fully saturated rings. The molecule has 0 aliphatic heterocycles. The first kappa shape index (κ1) is 28.6. The molecule has 38 heavy (non-hydrogen) atoms. The van der Waals surface area contributed by atoms with E-state index in [1.807, 2.05) is 20.8 Å². The van der Waals surface area contributed by atoms with Gasteiger partial charge in [-0.3, -0.25) is 24.0 Å². The smallest absolute Gasteiger partial charge is 0.306 e. The Morgan fingerprint density at radius 2 is 1.66 bits per heavy atom. The highest BCUT2D eigenvalue weighted by molar-refractivity contribution is 6.08. The number of carbonyl (C=O) groups is 5. The topological polar surface area (TPSA) is 146 Å². The summed E-state index contributed by atoms with van der Waals surface area (Å²) in [5.41, 5.74) is -3.05. The zero-order valence-corrected chi connectivity index (χ0v) is 23.4. The number of carboxylic acids is 1. The molecule has 0 bridgehead atoms. The molecule has 0 aromatic heterocycles. The van der Waals surface area contributed by atoms with Gasteiger partial charge in [0.2, 0.25) is 0 Å². The quantitative estimate of drug-likeness (QED) is 0.461. The van der Waals surface area contributed by atoms with Crippen LogP contribution in [0.3, 0.4) is 0 Å². The summed E-state index contributed by atoms with van der Waals surface area (Å²) in [6.45, 7) is 12.1. The molecule has 4 rings (SSSR count). The summed E-state index contributed by atoms with van der Waals surface area (Å²) in [7, 11) is 0. The molecular weight excluding hydrogens is 488 g/mol. The first-order valence-electron chi connectivity index (χ1n) is 13.5. The Bertz CT molecular complexity index is 1210. The molecule has 8 atom stereocenters. The van der Waals surface area contributed by atoms with Crippen molar-refractivity contribution in [3.8, 4) is 0 Å². The molecule has 0 aromatic carbocycles. The zero-order valence-electron chi connectivity index (χ0n) is 23.4. The Kier molecular flexibility index (Phi) is 6.60. The van der Waals surface area contributed by atoms with Crippen LogP contribution in [0.5, 0.6) is 0 Å². The van der Waals surface area contributed by atoms with Gasteiger partial charge in [-0.15, -0.1) is 0 Å². The van der Waals surface area contributed by atoms with Gasteiger partial charge in [0.25, 0.3) is 0 Å². The fourth-order valence-electron chi connectivity index (χ4n) is 8.53. The van der Waals surface area contributed by atoms with Crippen LogP contribution in [0, 0.1) is 39.4 Å². The summed E-state index contributed by atoms with van der Waals surface area (Å²) < 4.78 is 0. The van der Waals surface area contributed by atoms with Crippen molar-refractivity contribution in [1.82, 2.24) is 0 Å². The number of hydrogen-bond acceptors (Lipinski definition) is 7. The van der Waals surface area contributed by atoms with Crippen LogP contribution < -0.4 is 0 Å². The minimum atomic E-state index is -1.55. The van der Waals surface area contributed by atoms with Gasteiger partial charge in [0.05, 0.1) is 17.4 Å². The van der Waals surface area contributed by atoms with Crippen molar-refractivity contribution < 1.29 is 39.3 Å². The van der Waals surface area contributed by atoms with E-state index < -0.39 is 63.2 Å². The molecule has 0 heterocycles. The average molecular weight is 529 g/mol. The fourth-order valence-corrected chi connectivity index (χ4v) is 8.53. The van der Waals surface area contributed by atoms with Gasteiger partial charge in [-0.2, -0.15) is 0 Å². The maximum Gasteiger partial charge on any atom is 0.306 e. The van der Waals surface area contributed by atoms with Crippen LogP contribution in [0.2, 0.25) is 0 Å². The Hall–Kier alpha value is -2.45. The third-order valence-electron chi connectivity index (χ3n) is 11.1. The van der Waals surface area contributed by atoms with Crippen molar-refractivity contribution in [2.45, 2.75) is 92.8 Å². The van der Waals surface area contributed by atoms with Gasteiger partial charge < -0.3 is 15.3 Å². The molecule has 0 amide bonds. The Morgan fingerprint density at radius 3 is 2.24 bits per heavy atom. The standard InChI is InChI=1S/C30H40O8/c1-14(10-16(31)11-15(2)26(37)38)17-12-21(34)30(7)22-18(32)13-19-27(3,4)20(33)8-9-28(19,5)23(22)24(35)25(36)29(17,30)6/h10,15,17-19,25,32,36H,8-9,11-13H2,1-7H3,(H,37,38)/b14-10-/t15?,17-,18+,19+,25-,28+,29+,30+/m1/s1. The van der Waals surface area contributed by atoms with E-state index in [4.69, 9.17) is 5.11 Å². The monoisotopic (exact) mass is 528 g/mol. The average Bonchev–Trinajstić information content (AvgIpc) is 3.03. The molecule has 208 valence electrons. The third kappa shape index (κ3) is 3.52. The summed E-state index contributed by atoms with van der Waals surface area (Å²) in [6, 6.07) is 0. The molecule has 4 aliphatic rings. The van der Waals surface area contributed by atoms with Crippen LogP contribution in [-0.2, 0) is 24.0 Å². The maximum atomic E-state index is 14.1. The molecule has 2 saturated carbocycles. The Morgan fingerprint density at radius 1 is 1.05 bits per heavy atom. The number of carboxylic acid groups (broad SMARTS) is 1. The first-order valence-corrected chi connectivity index (χ1v) is 13.5. The van der Waals surface area contributed by atoms with Gasteiger partial charge in [0.1, 0.15) is 17.7 Å². The second-order valence-electron chi connectivity index (χ2n) is 13.3. The van der Waals surface area contributed by atoms with Crippen molar-refractivity contribution in [2.24, 2.45) is 39.4 Å². The number of hydrogen-bond donors (Lipinski definition) is 3.